The predicted octanol–water partition coefficient (Wildman–Crippen LogP) is 2.15. The number of hydrogen-bond donors (Lipinski definition) is 3. The quantitative estimate of drug-likeness (QED) is 0.234. The van der Waals surface area contributed by atoms with Gasteiger partial charge >= 0.3 is 0 Å². The van der Waals surface area contributed by atoms with Crippen molar-refractivity contribution < 1.29 is 9.53 Å². The van der Waals surface area contributed by atoms with Crippen LogP contribution in [0.1, 0.15) is 36.7 Å². The minimum atomic E-state index is -0.0555. The fourth-order valence-electron chi connectivity index (χ4n) is 1.97. The van der Waals surface area contributed by atoms with E-state index in [2.05, 4.69) is 20.9 Å². The Labute approximate surface area is 161 Å². The Kier molecular flexibility index (Phi) is 13.2. The van der Waals surface area contributed by atoms with E-state index in [0.717, 1.165) is 18.1 Å². The van der Waals surface area contributed by atoms with Crippen molar-refractivity contribution in [3.05, 3.63) is 35.4 Å². The molecule has 1 rings (SSSR count). The summed E-state index contributed by atoms with van der Waals surface area (Å²) >= 11 is 0. The molecule has 0 bridgehead atoms. The van der Waals surface area contributed by atoms with E-state index in [1.54, 1.807) is 0 Å². The number of nitrogens with one attached hydrogen (secondary N) is 3. The van der Waals surface area contributed by atoms with Gasteiger partial charge in [-0.3, -0.25) is 4.79 Å². The van der Waals surface area contributed by atoms with E-state index < -0.39 is 0 Å². The van der Waals surface area contributed by atoms with Gasteiger partial charge in [0.2, 0.25) is 0 Å². The van der Waals surface area contributed by atoms with Gasteiger partial charge in [0.05, 0.1) is 13.2 Å². The maximum absolute atomic E-state index is 11.9. The summed E-state index contributed by atoms with van der Waals surface area (Å²) in [6.45, 7) is 9.89. The number of carbonyl (C=O) groups is 1. The van der Waals surface area contributed by atoms with E-state index in [-0.39, 0.29) is 29.9 Å². The van der Waals surface area contributed by atoms with Crippen molar-refractivity contribution in [3.63, 3.8) is 0 Å². The summed E-state index contributed by atoms with van der Waals surface area (Å²) in [4.78, 5) is 16.4. The van der Waals surface area contributed by atoms with Gasteiger partial charge in [-0.2, -0.15) is 0 Å². The molecule has 1 amide bonds. The van der Waals surface area contributed by atoms with Crippen LogP contribution in [0, 0.1) is 0 Å². The van der Waals surface area contributed by atoms with Gasteiger partial charge in [0.1, 0.15) is 0 Å². The molecule has 0 heterocycles. The van der Waals surface area contributed by atoms with Gasteiger partial charge in [0, 0.05) is 31.8 Å². The molecular weight excluding hydrogens is 419 g/mol. The lowest BCUT2D eigenvalue weighted by Gasteiger charge is -2.11. The Hall–Kier alpha value is -1.35. The van der Waals surface area contributed by atoms with E-state index in [1.807, 2.05) is 45.0 Å². The molecule has 0 radical (unpaired) electrons. The Morgan fingerprint density at radius 1 is 1.12 bits per heavy atom. The van der Waals surface area contributed by atoms with Crippen LogP contribution in [-0.2, 0) is 11.3 Å². The second-order valence-corrected chi connectivity index (χ2v) is 4.88. The number of rotatable bonds is 9. The summed E-state index contributed by atoms with van der Waals surface area (Å²) in [6, 6.07) is 7.53. The van der Waals surface area contributed by atoms with Crippen molar-refractivity contribution in [2.24, 2.45) is 4.99 Å². The first-order valence-corrected chi connectivity index (χ1v) is 8.18. The van der Waals surface area contributed by atoms with Gasteiger partial charge in [-0.1, -0.05) is 12.1 Å². The van der Waals surface area contributed by atoms with Crippen LogP contribution >= 0.6 is 24.0 Å². The molecule has 0 unspecified atom stereocenters. The third kappa shape index (κ3) is 9.07. The molecule has 1 aromatic carbocycles. The molecular formula is C17H29IN4O2. The summed E-state index contributed by atoms with van der Waals surface area (Å²) in [5.41, 5.74) is 1.66. The highest BCUT2D eigenvalue weighted by Gasteiger charge is 2.04. The number of carbonyl (C=O) groups excluding carboxylic acids is 1. The minimum absolute atomic E-state index is 0. The third-order valence-corrected chi connectivity index (χ3v) is 3.03. The summed E-state index contributed by atoms with van der Waals surface area (Å²) in [7, 11) is 0. The normalized spacial score (nSPS) is 10.7. The van der Waals surface area contributed by atoms with E-state index in [4.69, 9.17) is 4.74 Å². The number of guanidine groups is 1. The van der Waals surface area contributed by atoms with Crippen molar-refractivity contribution >= 4 is 35.8 Å². The number of amides is 1. The number of ether oxygens (including phenoxy) is 1. The first kappa shape index (κ1) is 22.6. The second-order valence-electron chi connectivity index (χ2n) is 4.88. The van der Waals surface area contributed by atoms with Crippen LogP contribution < -0.4 is 16.0 Å². The number of halogens is 1. The molecule has 0 saturated heterocycles. The highest BCUT2D eigenvalue weighted by molar-refractivity contribution is 14.0. The van der Waals surface area contributed by atoms with E-state index in [1.165, 1.54) is 0 Å². The fraction of sp³-hybridized carbons (Fsp3) is 0.529. The van der Waals surface area contributed by atoms with Crippen molar-refractivity contribution in [1.82, 2.24) is 16.0 Å². The zero-order valence-electron chi connectivity index (χ0n) is 14.7. The Morgan fingerprint density at radius 2 is 1.88 bits per heavy atom. The largest absolute Gasteiger partial charge is 0.380 e. The van der Waals surface area contributed by atoms with Gasteiger partial charge in [-0.05, 0) is 38.5 Å². The molecule has 0 aliphatic heterocycles. The highest BCUT2D eigenvalue weighted by Crippen LogP contribution is 2.06. The van der Waals surface area contributed by atoms with Crippen LogP contribution in [-0.4, -0.2) is 44.7 Å². The third-order valence-electron chi connectivity index (χ3n) is 3.03. The molecule has 0 aromatic heterocycles. The molecule has 1 aromatic rings. The number of benzene rings is 1. The molecule has 0 aliphatic rings. The first-order chi connectivity index (χ1) is 11.2. The average Bonchev–Trinajstić information content (AvgIpc) is 2.57. The fourth-order valence-corrected chi connectivity index (χ4v) is 1.97. The Balaban J connectivity index is 0.00000529. The summed E-state index contributed by atoms with van der Waals surface area (Å²) in [5, 5.41) is 9.21. The molecule has 136 valence electrons. The standard InChI is InChI=1S/C17H28N4O2.HI/c1-4-18-16(22)15-9-7-8-14(12-15)13-21-17(19-5-2)20-10-11-23-6-3;/h7-9,12H,4-6,10-11,13H2,1-3H3,(H,18,22)(H2,19,20,21);1H. The van der Waals surface area contributed by atoms with Crippen LogP contribution in [0.2, 0.25) is 0 Å². The molecule has 0 atom stereocenters. The molecule has 0 fully saturated rings. The maximum Gasteiger partial charge on any atom is 0.251 e. The summed E-state index contributed by atoms with van der Waals surface area (Å²) in [5.74, 6) is 0.690. The molecule has 7 heteroatoms. The highest BCUT2D eigenvalue weighted by atomic mass is 127. The van der Waals surface area contributed by atoms with Crippen molar-refractivity contribution in [2.75, 3.05) is 32.8 Å². The van der Waals surface area contributed by atoms with Crippen molar-refractivity contribution in [1.29, 1.82) is 0 Å². The number of hydrogen-bond acceptors (Lipinski definition) is 3. The van der Waals surface area contributed by atoms with Crippen molar-refractivity contribution in [2.45, 2.75) is 27.3 Å². The summed E-state index contributed by atoms with van der Waals surface area (Å²) < 4.78 is 5.30. The summed E-state index contributed by atoms with van der Waals surface area (Å²) in [6.07, 6.45) is 0. The molecule has 0 spiro atoms. The van der Waals surface area contributed by atoms with Crippen LogP contribution in [0.15, 0.2) is 29.3 Å². The monoisotopic (exact) mass is 448 g/mol. The Bertz CT molecular complexity index is 509. The minimum Gasteiger partial charge on any atom is -0.380 e. The predicted molar refractivity (Wildman–Crippen MR) is 109 cm³/mol. The zero-order chi connectivity index (χ0) is 16.9. The van der Waals surface area contributed by atoms with Crippen molar-refractivity contribution in [3.8, 4) is 0 Å². The van der Waals surface area contributed by atoms with E-state index in [9.17, 15) is 4.79 Å². The number of aliphatic imine (C=N–C) groups is 1. The molecule has 6 nitrogen and oxygen atoms in total. The van der Waals surface area contributed by atoms with Gasteiger partial charge in [-0.15, -0.1) is 24.0 Å². The SMILES string of the molecule is CCNC(=O)c1cccc(CN=C(NCC)NCCOCC)c1.I. The molecule has 0 aliphatic carbocycles. The van der Waals surface area contributed by atoms with Crippen LogP contribution in [0.25, 0.3) is 0 Å². The topological polar surface area (TPSA) is 74.8 Å². The van der Waals surface area contributed by atoms with Gasteiger partial charge < -0.3 is 20.7 Å². The molecule has 24 heavy (non-hydrogen) atoms. The lowest BCUT2D eigenvalue weighted by atomic mass is 10.1. The maximum atomic E-state index is 11.9. The lowest BCUT2D eigenvalue weighted by Crippen LogP contribution is -2.39. The van der Waals surface area contributed by atoms with Crippen LogP contribution in [0.5, 0.6) is 0 Å². The van der Waals surface area contributed by atoms with Gasteiger partial charge in [-0.25, -0.2) is 4.99 Å². The zero-order valence-corrected chi connectivity index (χ0v) is 17.1. The second kappa shape index (κ2) is 14.0. The van der Waals surface area contributed by atoms with E-state index >= 15 is 0 Å². The Morgan fingerprint density at radius 3 is 2.54 bits per heavy atom. The van der Waals surface area contributed by atoms with Gasteiger partial charge in [0.15, 0.2) is 5.96 Å². The van der Waals surface area contributed by atoms with E-state index in [0.29, 0.717) is 38.4 Å². The van der Waals surface area contributed by atoms with Crippen LogP contribution in [0.3, 0.4) is 0 Å². The molecule has 3 N–H and O–H groups in total. The first-order valence-electron chi connectivity index (χ1n) is 8.18. The lowest BCUT2D eigenvalue weighted by molar-refractivity contribution is 0.0955. The smallest absolute Gasteiger partial charge is 0.251 e. The average molecular weight is 448 g/mol. The van der Waals surface area contributed by atoms with Gasteiger partial charge in [0.25, 0.3) is 5.91 Å². The number of nitrogens with zero attached hydrogens (tertiary/aromatic N) is 1. The van der Waals surface area contributed by atoms with Crippen LogP contribution in [0.4, 0.5) is 0 Å². The molecule has 0 saturated carbocycles.